The number of halogens is 3. The normalized spacial score (nSPS) is 19.3. The van der Waals surface area contributed by atoms with Crippen LogP contribution < -0.4 is 21.5 Å². The lowest BCUT2D eigenvalue weighted by Gasteiger charge is -2.24. The predicted molar refractivity (Wildman–Crippen MR) is 93.0 cm³/mol. The highest BCUT2D eigenvalue weighted by Gasteiger charge is 2.43. The number of hydrogen-bond donors (Lipinski definition) is 2. The van der Waals surface area contributed by atoms with Crippen molar-refractivity contribution in [2.24, 2.45) is 11.8 Å². The molecule has 1 heterocycles. The maximum Gasteiger partial charge on any atom is 0.254 e. The van der Waals surface area contributed by atoms with Gasteiger partial charge in [0.15, 0.2) is 0 Å². The molecule has 1 aliphatic rings. The van der Waals surface area contributed by atoms with Gasteiger partial charge in [-0.3, -0.25) is 9.59 Å². The number of hydrazine groups is 1. The van der Waals surface area contributed by atoms with Crippen molar-refractivity contribution in [3.8, 4) is 0 Å². The summed E-state index contributed by atoms with van der Waals surface area (Å²) in [4.78, 5) is 25.0. The number of hydrogen-bond acceptors (Lipinski definition) is 3. The molecule has 1 saturated heterocycles. The molecule has 2 aromatic rings. The van der Waals surface area contributed by atoms with Gasteiger partial charge in [0.2, 0.25) is 5.91 Å². The van der Waals surface area contributed by atoms with Crippen LogP contribution in [0.2, 0.25) is 0 Å². The lowest BCUT2D eigenvalue weighted by molar-refractivity contribution is -0.131. The van der Waals surface area contributed by atoms with Gasteiger partial charge >= 0.3 is 0 Å². The van der Waals surface area contributed by atoms with Crippen molar-refractivity contribution in [3.63, 3.8) is 0 Å². The van der Waals surface area contributed by atoms with E-state index in [0.29, 0.717) is 11.4 Å². The van der Waals surface area contributed by atoms with Gasteiger partial charge in [-0.25, -0.2) is 24.0 Å². The second-order valence-corrected chi connectivity index (χ2v) is 6.57. The van der Waals surface area contributed by atoms with Gasteiger partial charge in [-0.2, -0.15) is 0 Å². The first-order valence-corrected chi connectivity index (χ1v) is 8.23. The number of anilines is 1. The minimum atomic E-state index is -1.25. The van der Waals surface area contributed by atoms with Gasteiger partial charge in [0.05, 0.1) is 5.69 Å². The molecule has 136 valence electrons. The van der Waals surface area contributed by atoms with E-state index in [1.165, 1.54) is 12.1 Å². The van der Waals surface area contributed by atoms with Crippen LogP contribution in [-0.4, -0.2) is 18.4 Å². The maximum atomic E-state index is 13.5. The lowest BCUT2D eigenvalue weighted by atomic mass is 9.87. The molecule has 0 spiro atoms. The number of carbonyl (C=O) groups excluding carboxylic acids is 2. The summed E-state index contributed by atoms with van der Waals surface area (Å²) in [7, 11) is 2.25. The third-order valence-electron chi connectivity index (χ3n) is 4.25. The second kappa shape index (κ2) is 7.05. The zero-order chi connectivity index (χ0) is 19.0. The average molecular weight is 381 g/mol. The molecule has 1 aliphatic heterocycles. The Labute approximate surface area is 149 Å². The van der Waals surface area contributed by atoms with Gasteiger partial charge in [-0.15, -0.1) is 9.24 Å². The topological polar surface area (TPSA) is 75.4 Å². The molecular weight excluding hydrogens is 366 g/mol. The summed E-state index contributed by atoms with van der Waals surface area (Å²) in [6.45, 7) is 0.0448. The molecule has 3 unspecified atom stereocenters. The molecule has 3 atom stereocenters. The van der Waals surface area contributed by atoms with Crippen LogP contribution >= 0.6 is 9.24 Å². The molecule has 5 nitrogen and oxygen atoms in total. The van der Waals surface area contributed by atoms with Crippen LogP contribution in [0, 0.1) is 23.4 Å². The molecule has 26 heavy (non-hydrogen) atoms. The van der Waals surface area contributed by atoms with E-state index in [-0.39, 0.29) is 17.8 Å². The van der Waals surface area contributed by atoms with Crippen molar-refractivity contribution < 1.29 is 22.8 Å². The van der Waals surface area contributed by atoms with Gasteiger partial charge in [-0.1, -0.05) is 0 Å². The van der Waals surface area contributed by atoms with Crippen LogP contribution in [0.5, 0.6) is 0 Å². The summed E-state index contributed by atoms with van der Waals surface area (Å²) in [6.07, 6.45) is 0. The van der Waals surface area contributed by atoms with Crippen LogP contribution in [0.3, 0.4) is 0 Å². The first-order chi connectivity index (χ1) is 12.3. The fourth-order valence-electron chi connectivity index (χ4n) is 3.02. The molecule has 0 bridgehead atoms. The van der Waals surface area contributed by atoms with Crippen molar-refractivity contribution in [3.05, 3.63) is 59.4 Å². The zero-order valence-corrected chi connectivity index (χ0v) is 14.5. The summed E-state index contributed by atoms with van der Waals surface area (Å²) in [6, 6.07) is 6.46. The Hall–Kier alpha value is -2.44. The summed E-state index contributed by atoms with van der Waals surface area (Å²) in [5.74, 6) is 0.352. The van der Waals surface area contributed by atoms with Gasteiger partial charge in [-0.05, 0) is 41.2 Å². The number of amides is 2. The summed E-state index contributed by atoms with van der Waals surface area (Å²) in [5, 5.41) is 3.59. The highest BCUT2D eigenvalue weighted by Crippen LogP contribution is 2.32. The van der Waals surface area contributed by atoms with E-state index in [0.717, 1.165) is 23.2 Å². The Bertz CT molecular complexity index is 873. The average Bonchev–Trinajstić information content (AvgIpc) is 2.94. The predicted octanol–water partition coefficient (Wildman–Crippen LogP) is 1.34. The Morgan fingerprint density at radius 3 is 2.38 bits per heavy atom. The molecule has 2 amide bonds. The molecule has 1 fully saturated rings. The first kappa shape index (κ1) is 18.4. The third kappa shape index (κ3) is 3.43. The summed E-state index contributed by atoms with van der Waals surface area (Å²) < 4.78 is 40.3. The smallest absolute Gasteiger partial charge is 0.254 e. The molecule has 0 aliphatic carbocycles. The van der Waals surface area contributed by atoms with Crippen LogP contribution in [-0.2, 0) is 9.59 Å². The minimum absolute atomic E-state index is 0.0448. The molecular formula is C17H15F3N3O2P. The molecule has 2 aromatic carbocycles. The highest BCUT2D eigenvalue weighted by atomic mass is 31.0. The molecule has 0 radical (unpaired) electrons. The Morgan fingerprint density at radius 2 is 1.77 bits per heavy atom. The van der Waals surface area contributed by atoms with Gasteiger partial charge < -0.3 is 5.32 Å². The van der Waals surface area contributed by atoms with E-state index < -0.39 is 41.1 Å². The molecule has 3 rings (SSSR count). The standard InChI is InChI=1S/C17H15F3N3O2P/c18-9-1-2-13(14(26)6-9)23(21)17(25)15-12(7-22-16(15)24)8-3-10(19)5-11(20)4-8/h1-6,12,15H,7,21,26H2,(H,22,24). The van der Waals surface area contributed by atoms with Crippen molar-refractivity contribution in [1.82, 2.24) is 5.32 Å². The third-order valence-corrected chi connectivity index (χ3v) is 4.71. The van der Waals surface area contributed by atoms with Crippen molar-refractivity contribution >= 4 is 32.0 Å². The number of nitrogens with one attached hydrogen (secondary N) is 1. The molecule has 0 aromatic heterocycles. The van der Waals surface area contributed by atoms with Crippen LogP contribution in [0.15, 0.2) is 36.4 Å². The lowest BCUT2D eigenvalue weighted by Crippen LogP contribution is -2.46. The highest BCUT2D eigenvalue weighted by molar-refractivity contribution is 7.28. The largest absolute Gasteiger partial charge is 0.355 e. The molecule has 0 saturated carbocycles. The monoisotopic (exact) mass is 381 g/mol. The number of nitrogens with zero attached hydrogens (tertiary/aromatic N) is 1. The summed E-state index contributed by atoms with van der Waals surface area (Å²) >= 11 is 0. The number of rotatable bonds is 3. The van der Waals surface area contributed by atoms with E-state index in [9.17, 15) is 22.8 Å². The van der Waals surface area contributed by atoms with E-state index in [1.54, 1.807) is 0 Å². The van der Waals surface area contributed by atoms with Crippen LogP contribution in [0.4, 0.5) is 18.9 Å². The number of nitrogens with two attached hydrogens (primary N) is 1. The maximum absolute atomic E-state index is 13.5. The van der Waals surface area contributed by atoms with E-state index in [1.807, 2.05) is 0 Å². The Balaban J connectivity index is 1.94. The van der Waals surface area contributed by atoms with Gasteiger partial charge in [0.25, 0.3) is 5.91 Å². The van der Waals surface area contributed by atoms with Crippen LogP contribution in [0.1, 0.15) is 11.5 Å². The van der Waals surface area contributed by atoms with Crippen molar-refractivity contribution in [2.45, 2.75) is 5.92 Å². The van der Waals surface area contributed by atoms with Gasteiger partial charge in [0.1, 0.15) is 23.4 Å². The SMILES string of the molecule is NN(C(=O)C1C(=O)NCC1c1cc(F)cc(F)c1)c1ccc(F)cc1P. The fraction of sp³-hybridized carbons (Fsp3) is 0.176. The fourth-order valence-corrected chi connectivity index (χ4v) is 3.41. The van der Waals surface area contributed by atoms with Gasteiger partial charge in [0, 0.05) is 18.5 Å². The number of benzene rings is 2. The quantitative estimate of drug-likeness (QED) is 0.277. The molecule has 9 heteroatoms. The van der Waals surface area contributed by atoms with Crippen molar-refractivity contribution in [2.75, 3.05) is 11.6 Å². The van der Waals surface area contributed by atoms with E-state index >= 15 is 0 Å². The van der Waals surface area contributed by atoms with E-state index in [4.69, 9.17) is 5.84 Å². The van der Waals surface area contributed by atoms with Crippen LogP contribution in [0.25, 0.3) is 0 Å². The first-order valence-electron chi connectivity index (χ1n) is 7.65. The number of carbonyl (C=O) groups is 2. The zero-order valence-electron chi connectivity index (χ0n) is 13.4. The molecule has 3 N–H and O–H groups in total. The van der Waals surface area contributed by atoms with E-state index in [2.05, 4.69) is 14.6 Å². The minimum Gasteiger partial charge on any atom is -0.355 e. The Morgan fingerprint density at radius 1 is 1.12 bits per heavy atom. The Kier molecular flexibility index (Phi) is 4.98. The van der Waals surface area contributed by atoms with Crippen molar-refractivity contribution in [1.29, 1.82) is 0 Å². The summed E-state index contributed by atoms with van der Waals surface area (Å²) in [5.41, 5.74) is 0.378. The second-order valence-electron chi connectivity index (χ2n) is 5.94.